The van der Waals surface area contributed by atoms with E-state index in [1.165, 1.54) is 0 Å². The van der Waals surface area contributed by atoms with E-state index in [1.54, 1.807) is 7.11 Å². The first-order chi connectivity index (χ1) is 19.5. The van der Waals surface area contributed by atoms with Crippen molar-refractivity contribution < 1.29 is 25.2 Å². The van der Waals surface area contributed by atoms with Crippen molar-refractivity contribution in [3.8, 4) is 22.9 Å². The van der Waals surface area contributed by atoms with Crippen LogP contribution in [0, 0.1) is 11.3 Å². The fourth-order valence-electron chi connectivity index (χ4n) is 4.55. The van der Waals surface area contributed by atoms with Gasteiger partial charge in [-0.25, -0.2) is 0 Å². The minimum absolute atomic E-state index is 0. The van der Waals surface area contributed by atoms with E-state index >= 15 is 0 Å². The molecule has 4 atom stereocenters. The zero-order chi connectivity index (χ0) is 29.5. The van der Waals surface area contributed by atoms with E-state index in [4.69, 9.17) is 14.2 Å². The quantitative estimate of drug-likeness (QED) is 0.364. The van der Waals surface area contributed by atoms with Crippen LogP contribution in [-0.2, 0) is 25.5 Å². The summed E-state index contributed by atoms with van der Waals surface area (Å²) in [6, 6.07) is 15.4. The van der Waals surface area contributed by atoms with Crippen molar-refractivity contribution in [3.63, 3.8) is 0 Å². The second-order valence-corrected chi connectivity index (χ2v) is 9.43. The molecule has 2 aromatic rings. The highest BCUT2D eigenvalue weighted by Crippen LogP contribution is 2.36. The smallest absolute Gasteiger partial charge is 0.311 e. The highest BCUT2D eigenvalue weighted by molar-refractivity contribution is 5.81. The molecule has 220 valence electrons. The number of benzene rings is 2. The first-order valence-electron chi connectivity index (χ1n) is 14.5. The average Bonchev–Trinajstić information content (AvgIpc) is 3.12. The number of hydrogen-bond acceptors (Lipinski definition) is 7. The third-order valence-corrected chi connectivity index (χ3v) is 6.83. The van der Waals surface area contributed by atoms with Crippen molar-refractivity contribution in [3.05, 3.63) is 53.6 Å². The summed E-state index contributed by atoms with van der Waals surface area (Å²) in [5.74, 6) is 0.387. The summed E-state index contributed by atoms with van der Waals surface area (Å²) in [6.45, 7) is 11.6. The first-order valence-corrected chi connectivity index (χ1v) is 14.5. The summed E-state index contributed by atoms with van der Waals surface area (Å²) in [4.78, 5) is 24.6. The predicted molar refractivity (Wildman–Crippen MR) is 159 cm³/mol. The van der Waals surface area contributed by atoms with Crippen molar-refractivity contribution in [1.82, 2.24) is 10.6 Å². The number of fused-ring (bicyclic) bond motifs is 1. The van der Waals surface area contributed by atoms with Crippen LogP contribution in [0.2, 0.25) is 0 Å². The third kappa shape index (κ3) is 9.44. The normalized spacial score (nSPS) is 21.1. The molecule has 2 aliphatic rings. The van der Waals surface area contributed by atoms with Gasteiger partial charge >= 0.3 is 5.97 Å². The summed E-state index contributed by atoms with van der Waals surface area (Å²) in [5.41, 5.74) is 4.05. The number of hydrogen-bond donors (Lipinski definition) is 2. The van der Waals surface area contributed by atoms with Crippen LogP contribution in [0.15, 0.2) is 42.5 Å². The Morgan fingerprint density at radius 2 is 1.85 bits per heavy atom. The number of amides is 1. The summed E-state index contributed by atoms with van der Waals surface area (Å²) in [5, 5.41) is 15.7. The molecule has 0 radical (unpaired) electrons. The van der Waals surface area contributed by atoms with Crippen LogP contribution in [0.3, 0.4) is 0 Å². The highest BCUT2D eigenvalue weighted by Gasteiger charge is 2.25. The van der Waals surface area contributed by atoms with E-state index in [2.05, 4.69) is 29.7 Å². The second kappa shape index (κ2) is 17.4. The number of methoxy groups -OCH3 is 1. The molecule has 4 rings (SSSR count). The number of ether oxygens (including phenoxy) is 3. The lowest BCUT2D eigenvalue weighted by Crippen LogP contribution is -2.49. The Kier molecular flexibility index (Phi) is 14.4. The number of esters is 1. The second-order valence-electron chi connectivity index (χ2n) is 9.43. The Balaban J connectivity index is 0.00000161. The molecule has 2 aromatic carbocycles. The van der Waals surface area contributed by atoms with E-state index in [0.717, 1.165) is 41.6 Å². The molecule has 8 heteroatoms. The van der Waals surface area contributed by atoms with E-state index < -0.39 is 12.1 Å². The van der Waals surface area contributed by atoms with Gasteiger partial charge in [-0.1, -0.05) is 65.0 Å². The van der Waals surface area contributed by atoms with Gasteiger partial charge in [-0.15, -0.1) is 0 Å². The Morgan fingerprint density at radius 3 is 2.52 bits per heavy atom. The fourth-order valence-corrected chi connectivity index (χ4v) is 4.55. The number of carbonyl (C=O) groups excluding carboxylic acids is 2. The SMILES string of the molecule is CC.CC.COC1CCNCC(C(=O)NC(C#N)Cc2ccc(-c3ccc4c(c3)C(C)CCC(=O)O4)cc2)OC1.[HH]. The van der Waals surface area contributed by atoms with Gasteiger partial charge in [0.05, 0.1) is 18.8 Å². The molecule has 1 amide bonds. The van der Waals surface area contributed by atoms with Gasteiger partial charge in [0.2, 0.25) is 0 Å². The monoisotopic (exact) mass is 553 g/mol. The summed E-state index contributed by atoms with van der Waals surface area (Å²) in [6.07, 6.45) is 1.67. The number of nitriles is 1. The summed E-state index contributed by atoms with van der Waals surface area (Å²) < 4.78 is 16.6. The lowest BCUT2D eigenvalue weighted by atomic mass is 9.92. The van der Waals surface area contributed by atoms with Gasteiger partial charge in [-0.2, -0.15) is 5.26 Å². The molecule has 2 heterocycles. The van der Waals surface area contributed by atoms with E-state index in [1.807, 2.05) is 64.1 Å². The number of carbonyl (C=O) groups is 2. The topological polar surface area (TPSA) is 110 Å². The average molecular weight is 554 g/mol. The van der Waals surface area contributed by atoms with Crippen LogP contribution in [0.1, 0.15) is 72.4 Å². The summed E-state index contributed by atoms with van der Waals surface area (Å²) in [7, 11) is 1.63. The van der Waals surface area contributed by atoms with Crippen LogP contribution >= 0.6 is 0 Å². The molecule has 2 N–H and O–H groups in total. The molecule has 4 unspecified atom stereocenters. The molecule has 0 spiro atoms. The Bertz CT molecular complexity index is 1120. The van der Waals surface area contributed by atoms with Gasteiger partial charge in [-0.05, 0) is 59.7 Å². The maximum absolute atomic E-state index is 12.7. The number of nitrogens with zero attached hydrogens (tertiary/aromatic N) is 1. The van der Waals surface area contributed by atoms with Crippen LogP contribution in [0.4, 0.5) is 0 Å². The van der Waals surface area contributed by atoms with Crippen molar-refractivity contribution in [2.75, 3.05) is 26.8 Å². The lowest BCUT2D eigenvalue weighted by molar-refractivity contribution is -0.136. The molecule has 1 fully saturated rings. The predicted octanol–water partition coefficient (Wildman–Crippen LogP) is 5.40. The molecule has 0 aliphatic carbocycles. The van der Waals surface area contributed by atoms with Gasteiger partial charge in [-0.3, -0.25) is 9.59 Å². The van der Waals surface area contributed by atoms with Crippen molar-refractivity contribution in [2.45, 2.75) is 84.5 Å². The van der Waals surface area contributed by atoms with Gasteiger partial charge in [0.25, 0.3) is 5.91 Å². The maximum Gasteiger partial charge on any atom is 0.311 e. The fraction of sp³-hybridized carbons (Fsp3) is 0.531. The number of rotatable bonds is 6. The molecular weight excluding hydrogens is 506 g/mol. The maximum atomic E-state index is 12.7. The van der Waals surface area contributed by atoms with Crippen molar-refractivity contribution >= 4 is 11.9 Å². The molecule has 1 saturated heterocycles. The van der Waals surface area contributed by atoms with Crippen LogP contribution in [-0.4, -0.2) is 56.9 Å². The van der Waals surface area contributed by atoms with E-state index in [-0.39, 0.29) is 25.3 Å². The third-order valence-electron chi connectivity index (χ3n) is 6.83. The largest absolute Gasteiger partial charge is 0.426 e. The van der Waals surface area contributed by atoms with E-state index in [0.29, 0.717) is 31.7 Å². The molecule has 0 aromatic heterocycles. The Morgan fingerprint density at radius 1 is 1.15 bits per heavy atom. The zero-order valence-corrected chi connectivity index (χ0v) is 24.8. The standard InChI is InChI=1S/C28H33N3O5.2C2H6.H2/c1-18-3-10-27(32)36-25-9-8-21(14-24(18)25)20-6-4-19(5-7-20)13-22(15-29)31-28(33)26-16-30-12-11-23(34-2)17-35-26;2*1-2;/h4-9,14,18,22-23,26,30H,3,10-13,16-17H2,1-2H3,(H,31,33);2*1-2H3;1H. The highest BCUT2D eigenvalue weighted by atomic mass is 16.5. The van der Waals surface area contributed by atoms with Gasteiger partial charge in [0.15, 0.2) is 0 Å². The first kappa shape index (κ1) is 33.0. The minimum atomic E-state index is -0.670. The molecule has 8 nitrogen and oxygen atoms in total. The summed E-state index contributed by atoms with van der Waals surface area (Å²) >= 11 is 0. The van der Waals surface area contributed by atoms with Gasteiger partial charge < -0.3 is 24.8 Å². The zero-order valence-electron chi connectivity index (χ0n) is 24.8. The van der Waals surface area contributed by atoms with Crippen LogP contribution in [0.25, 0.3) is 11.1 Å². The molecule has 0 bridgehead atoms. The Labute approximate surface area is 240 Å². The van der Waals surface area contributed by atoms with Crippen LogP contribution < -0.4 is 15.4 Å². The number of nitrogens with one attached hydrogen (secondary N) is 2. The lowest BCUT2D eigenvalue weighted by Gasteiger charge is -2.25. The van der Waals surface area contributed by atoms with Gasteiger partial charge in [0.1, 0.15) is 17.9 Å². The molecule has 0 saturated carbocycles. The van der Waals surface area contributed by atoms with Gasteiger partial charge in [0, 0.05) is 27.9 Å². The Hall–Kier alpha value is -3.25. The van der Waals surface area contributed by atoms with Crippen LogP contribution in [0.5, 0.6) is 5.75 Å². The van der Waals surface area contributed by atoms with E-state index in [9.17, 15) is 14.9 Å². The van der Waals surface area contributed by atoms with Crippen molar-refractivity contribution in [2.24, 2.45) is 0 Å². The molecule has 2 aliphatic heterocycles. The molecular formula is C32H47N3O5. The minimum Gasteiger partial charge on any atom is -0.426 e. The van der Waals surface area contributed by atoms with Crippen molar-refractivity contribution in [1.29, 1.82) is 5.26 Å². The molecule has 40 heavy (non-hydrogen) atoms.